The summed E-state index contributed by atoms with van der Waals surface area (Å²) >= 11 is 0. The summed E-state index contributed by atoms with van der Waals surface area (Å²) in [5, 5.41) is 17.7. The van der Waals surface area contributed by atoms with Gasteiger partial charge in [-0.15, -0.1) is 10.2 Å². The normalized spacial score (nSPS) is 17.0. The van der Waals surface area contributed by atoms with Gasteiger partial charge in [-0.05, 0) is 42.7 Å². The van der Waals surface area contributed by atoms with Gasteiger partial charge in [0.2, 0.25) is 5.91 Å². The van der Waals surface area contributed by atoms with Crippen LogP contribution in [-0.2, 0) is 4.79 Å². The van der Waals surface area contributed by atoms with E-state index in [0.29, 0.717) is 12.1 Å². The molecule has 1 fully saturated rings. The van der Waals surface area contributed by atoms with Crippen molar-refractivity contribution in [3.8, 4) is 6.07 Å². The molecule has 0 N–H and O–H groups in total. The second-order valence-corrected chi connectivity index (χ2v) is 6.21. The maximum absolute atomic E-state index is 12.8. The Morgan fingerprint density at radius 3 is 2.92 bits per heavy atom. The van der Waals surface area contributed by atoms with E-state index >= 15 is 0 Å². The first-order valence-electron chi connectivity index (χ1n) is 8.55. The van der Waals surface area contributed by atoms with Crippen LogP contribution in [-0.4, -0.2) is 31.9 Å². The van der Waals surface area contributed by atoms with E-state index in [0.717, 1.165) is 29.9 Å². The van der Waals surface area contributed by atoms with Crippen LogP contribution in [0.25, 0.3) is 11.7 Å². The molecule has 0 unspecified atom stereocenters. The number of carbonyl (C=O) groups is 1. The van der Waals surface area contributed by atoms with Gasteiger partial charge in [0.25, 0.3) is 0 Å². The highest BCUT2D eigenvalue weighted by Gasteiger charge is 2.32. The molecule has 0 saturated carbocycles. The van der Waals surface area contributed by atoms with Crippen LogP contribution < -0.4 is 0 Å². The highest BCUT2D eigenvalue weighted by molar-refractivity contribution is 5.92. The molecule has 2 aromatic heterocycles. The molecule has 3 aromatic rings. The maximum Gasteiger partial charge on any atom is 0.247 e. The number of benzene rings is 1. The lowest BCUT2D eigenvalue weighted by atomic mass is 10.1. The molecule has 6 nitrogen and oxygen atoms in total. The summed E-state index contributed by atoms with van der Waals surface area (Å²) in [6, 6.07) is 15.0. The Bertz CT molecular complexity index is 1030. The van der Waals surface area contributed by atoms with Crippen LogP contribution in [0.2, 0.25) is 0 Å². The molecule has 1 amide bonds. The number of aromatic nitrogens is 3. The second-order valence-electron chi connectivity index (χ2n) is 6.21. The van der Waals surface area contributed by atoms with Gasteiger partial charge in [-0.2, -0.15) is 5.26 Å². The Labute approximate surface area is 151 Å². The van der Waals surface area contributed by atoms with Gasteiger partial charge in [0, 0.05) is 18.8 Å². The summed E-state index contributed by atoms with van der Waals surface area (Å²) < 4.78 is 1.94. The average Bonchev–Trinajstić information content (AvgIpc) is 3.32. The molecule has 1 atom stereocenters. The number of fused-ring (bicyclic) bond motifs is 1. The van der Waals surface area contributed by atoms with Crippen LogP contribution in [0.1, 0.15) is 35.8 Å². The van der Waals surface area contributed by atoms with Crippen molar-refractivity contribution in [2.24, 2.45) is 0 Å². The fourth-order valence-corrected chi connectivity index (χ4v) is 3.39. The van der Waals surface area contributed by atoms with Crippen molar-refractivity contribution in [1.82, 2.24) is 19.5 Å². The molecule has 128 valence electrons. The van der Waals surface area contributed by atoms with Crippen molar-refractivity contribution in [1.29, 1.82) is 5.26 Å². The number of amides is 1. The topological polar surface area (TPSA) is 74.3 Å². The van der Waals surface area contributed by atoms with Crippen molar-refractivity contribution < 1.29 is 4.79 Å². The highest BCUT2D eigenvalue weighted by Crippen LogP contribution is 2.31. The zero-order valence-corrected chi connectivity index (χ0v) is 14.1. The molecule has 26 heavy (non-hydrogen) atoms. The van der Waals surface area contributed by atoms with Crippen LogP contribution in [0.4, 0.5) is 0 Å². The standard InChI is InChI=1S/C20H17N5O/c21-14-16-7-2-1-6-15(16)10-11-19(26)24-13-5-8-17(24)20-23-22-18-9-3-4-12-25(18)20/h1-4,6-7,9-12,17H,5,8,13H2/b11-10-/t17-/m1/s1. The first-order chi connectivity index (χ1) is 12.8. The Hall–Kier alpha value is -3.46. The second kappa shape index (κ2) is 6.81. The fraction of sp³-hybridized carbons (Fsp3) is 0.200. The van der Waals surface area contributed by atoms with Crippen molar-refractivity contribution in [3.63, 3.8) is 0 Å². The summed E-state index contributed by atoms with van der Waals surface area (Å²) in [7, 11) is 0. The first kappa shape index (κ1) is 16.0. The number of likely N-dealkylation sites (tertiary alicyclic amines) is 1. The van der Waals surface area contributed by atoms with Crippen molar-refractivity contribution in [2.45, 2.75) is 18.9 Å². The molecule has 1 saturated heterocycles. The molecular formula is C20H17N5O. The van der Waals surface area contributed by atoms with E-state index in [9.17, 15) is 4.79 Å². The minimum Gasteiger partial charge on any atom is -0.329 e. The number of carbonyl (C=O) groups excluding carboxylic acids is 1. The molecule has 0 radical (unpaired) electrons. The summed E-state index contributed by atoms with van der Waals surface area (Å²) in [6.07, 6.45) is 6.96. The number of pyridine rings is 1. The third kappa shape index (κ3) is 2.84. The molecule has 0 spiro atoms. The van der Waals surface area contributed by atoms with Gasteiger partial charge in [-0.25, -0.2) is 0 Å². The zero-order chi connectivity index (χ0) is 17.9. The minimum absolute atomic E-state index is 0.0760. The van der Waals surface area contributed by atoms with E-state index in [4.69, 9.17) is 5.26 Å². The Morgan fingerprint density at radius 2 is 2.04 bits per heavy atom. The lowest BCUT2D eigenvalue weighted by molar-refractivity contribution is -0.127. The first-order valence-corrected chi connectivity index (χ1v) is 8.55. The molecule has 1 aliphatic heterocycles. The van der Waals surface area contributed by atoms with Gasteiger partial charge in [-0.3, -0.25) is 9.20 Å². The van der Waals surface area contributed by atoms with Crippen LogP contribution in [0, 0.1) is 11.3 Å². The van der Waals surface area contributed by atoms with Crippen molar-refractivity contribution in [3.05, 3.63) is 71.7 Å². The fourth-order valence-electron chi connectivity index (χ4n) is 3.39. The molecule has 0 aliphatic carbocycles. The molecule has 1 aliphatic rings. The van der Waals surface area contributed by atoms with Gasteiger partial charge in [0.05, 0.1) is 17.7 Å². The Balaban J connectivity index is 1.59. The van der Waals surface area contributed by atoms with E-state index in [-0.39, 0.29) is 11.9 Å². The van der Waals surface area contributed by atoms with Crippen LogP contribution in [0.3, 0.4) is 0 Å². The monoisotopic (exact) mass is 343 g/mol. The van der Waals surface area contributed by atoms with Crippen molar-refractivity contribution >= 4 is 17.6 Å². The van der Waals surface area contributed by atoms with E-state index in [1.165, 1.54) is 6.08 Å². The third-order valence-electron chi connectivity index (χ3n) is 4.66. The van der Waals surface area contributed by atoms with Gasteiger partial charge in [0.1, 0.15) is 0 Å². The molecule has 0 bridgehead atoms. The lowest BCUT2D eigenvalue weighted by Gasteiger charge is -2.22. The van der Waals surface area contributed by atoms with E-state index in [1.807, 2.05) is 51.9 Å². The zero-order valence-electron chi connectivity index (χ0n) is 14.1. The Kier molecular flexibility index (Phi) is 4.20. The van der Waals surface area contributed by atoms with Gasteiger partial charge >= 0.3 is 0 Å². The number of hydrogen-bond acceptors (Lipinski definition) is 4. The summed E-state index contributed by atoms with van der Waals surface area (Å²) in [5.74, 6) is 0.713. The Morgan fingerprint density at radius 1 is 1.19 bits per heavy atom. The SMILES string of the molecule is N#Cc1ccccc1/C=C\C(=O)N1CCC[C@@H]1c1nnc2ccccn12. The van der Waals surface area contributed by atoms with E-state index in [2.05, 4.69) is 16.3 Å². The predicted molar refractivity (Wildman–Crippen MR) is 96.9 cm³/mol. The number of hydrogen-bond donors (Lipinski definition) is 0. The number of nitriles is 1. The molecule has 1 aromatic carbocycles. The molecular weight excluding hydrogens is 326 g/mol. The van der Waals surface area contributed by atoms with Gasteiger partial charge in [0.15, 0.2) is 11.5 Å². The highest BCUT2D eigenvalue weighted by atomic mass is 16.2. The van der Waals surface area contributed by atoms with Gasteiger partial charge < -0.3 is 4.90 Å². The quantitative estimate of drug-likeness (QED) is 0.685. The van der Waals surface area contributed by atoms with Crippen LogP contribution >= 0.6 is 0 Å². The molecule has 3 heterocycles. The minimum atomic E-state index is -0.0873. The van der Waals surface area contributed by atoms with Crippen LogP contribution in [0.15, 0.2) is 54.7 Å². The molecule has 6 heteroatoms. The van der Waals surface area contributed by atoms with Crippen molar-refractivity contribution in [2.75, 3.05) is 6.54 Å². The smallest absolute Gasteiger partial charge is 0.247 e. The van der Waals surface area contributed by atoms with E-state index in [1.54, 1.807) is 12.1 Å². The summed E-state index contributed by atoms with van der Waals surface area (Å²) in [4.78, 5) is 14.6. The number of rotatable bonds is 3. The molecule has 4 rings (SSSR count). The van der Waals surface area contributed by atoms with Gasteiger partial charge in [-0.1, -0.05) is 24.3 Å². The largest absolute Gasteiger partial charge is 0.329 e. The van der Waals surface area contributed by atoms with Crippen LogP contribution in [0.5, 0.6) is 0 Å². The summed E-state index contributed by atoms with van der Waals surface area (Å²) in [5.41, 5.74) is 2.07. The lowest BCUT2D eigenvalue weighted by Crippen LogP contribution is -2.30. The predicted octanol–water partition coefficient (Wildman–Crippen LogP) is 2.98. The number of nitrogens with zero attached hydrogens (tertiary/aromatic N) is 5. The maximum atomic E-state index is 12.8. The summed E-state index contributed by atoms with van der Waals surface area (Å²) in [6.45, 7) is 0.690. The average molecular weight is 343 g/mol. The van der Waals surface area contributed by atoms with E-state index < -0.39 is 0 Å². The third-order valence-corrected chi connectivity index (χ3v) is 4.66.